The van der Waals surface area contributed by atoms with E-state index in [0.717, 1.165) is 0 Å². The lowest BCUT2D eigenvalue weighted by Crippen LogP contribution is -2.22. The highest BCUT2D eigenvalue weighted by Crippen LogP contribution is 1.83. The summed E-state index contributed by atoms with van der Waals surface area (Å²) >= 11 is 0. The van der Waals surface area contributed by atoms with Gasteiger partial charge in [-0.2, -0.15) is 10.4 Å². The van der Waals surface area contributed by atoms with E-state index in [-0.39, 0.29) is 18.7 Å². The molecule has 0 aliphatic heterocycles. The Morgan fingerprint density at radius 1 is 1.57 bits per heavy atom. The van der Waals surface area contributed by atoms with Gasteiger partial charge in [0, 0.05) is 0 Å². The minimum absolute atomic E-state index is 0.0399. The average molecular weight is 197 g/mol. The van der Waals surface area contributed by atoms with E-state index in [0.29, 0.717) is 0 Å². The maximum atomic E-state index is 10.9. The van der Waals surface area contributed by atoms with Gasteiger partial charge in [-0.05, 0) is 13.8 Å². The molecular weight excluding hydrogens is 186 g/mol. The number of hydrazone groups is 1. The van der Waals surface area contributed by atoms with Crippen molar-refractivity contribution in [1.82, 2.24) is 5.43 Å². The topological polar surface area (TPSA) is 91.5 Å². The molecule has 0 aromatic heterocycles. The number of amides is 1. The van der Waals surface area contributed by atoms with Crippen molar-refractivity contribution >= 4 is 17.6 Å². The van der Waals surface area contributed by atoms with E-state index >= 15 is 0 Å². The summed E-state index contributed by atoms with van der Waals surface area (Å²) in [5, 5.41) is 11.6. The van der Waals surface area contributed by atoms with Crippen LogP contribution in [0.3, 0.4) is 0 Å². The van der Waals surface area contributed by atoms with Crippen LogP contribution in [0, 0.1) is 11.3 Å². The first-order chi connectivity index (χ1) is 6.61. The van der Waals surface area contributed by atoms with Crippen molar-refractivity contribution in [1.29, 1.82) is 5.26 Å². The van der Waals surface area contributed by atoms with Crippen molar-refractivity contribution < 1.29 is 14.3 Å². The molecule has 0 radical (unpaired) electrons. The van der Waals surface area contributed by atoms with Gasteiger partial charge in [-0.1, -0.05) is 0 Å². The van der Waals surface area contributed by atoms with Gasteiger partial charge >= 0.3 is 5.97 Å². The number of nitrogens with zero attached hydrogens (tertiary/aromatic N) is 2. The summed E-state index contributed by atoms with van der Waals surface area (Å²) in [6.45, 7) is 3.32. The molecule has 6 heteroatoms. The molecule has 0 aromatic rings. The lowest BCUT2D eigenvalue weighted by Gasteiger charge is -2.00. The zero-order valence-corrected chi connectivity index (χ0v) is 8.03. The second kappa shape index (κ2) is 6.60. The fourth-order valence-electron chi connectivity index (χ4n) is 0.539. The first kappa shape index (κ1) is 12.1. The van der Waals surface area contributed by atoms with Crippen LogP contribution in [0.2, 0.25) is 0 Å². The molecule has 0 spiro atoms. The van der Waals surface area contributed by atoms with Crippen LogP contribution in [0.25, 0.3) is 0 Å². The normalized spacial score (nSPS) is 10.2. The fourth-order valence-corrected chi connectivity index (χ4v) is 0.539. The van der Waals surface area contributed by atoms with E-state index in [1.807, 2.05) is 5.43 Å². The van der Waals surface area contributed by atoms with Crippen LogP contribution in [-0.2, 0) is 14.3 Å². The summed E-state index contributed by atoms with van der Waals surface area (Å²) in [6, 6.07) is 1.65. The molecule has 0 aliphatic rings. The molecule has 0 saturated carbocycles. The Morgan fingerprint density at radius 2 is 2.21 bits per heavy atom. The van der Waals surface area contributed by atoms with Crippen molar-refractivity contribution in [2.24, 2.45) is 5.10 Å². The molecule has 0 unspecified atom stereocenters. The largest absolute Gasteiger partial charge is 0.461 e. The smallest absolute Gasteiger partial charge is 0.354 e. The number of carbonyl (C=O) groups excluding carboxylic acids is 2. The van der Waals surface area contributed by atoms with Crippen LogP contribution < -0.4 is 5.43 Å². The highest BCUT2D eigenvalue weighted by molar-refractivity contribution is 6.35. The van der Waals surface area contributed by atoms with Crippen LogP contribution in [0.4, 0.5) is 0 Å². The predicted molar refractivity (Wildman–Crippen MR) is 48.1 cm³/mol. The van der Waals surface area contributed by atoms with Crippen molar-refractivity contribution in [3.63, 3.8) is 0 Å². The molecule has 0 heterocycles. The van der Waals surface area contributed by atoms with Crippen LogP contribution in [0.1, 0.15) is 20.3 Å². The van der Waals surface area contributed by atoms with Crippen molar-refractivity contribution in [3.05, 3.63) is 0 Å². The Labute approximate surface area is 81.5 Å². The Hall–Kier alpha value is -1.90. The summed E-state index contributed by atoms with van der Waals surface area (Å²) in [5.41, 5.74) is 2.09. The molecule has 14 heavy (non-hydrogen) atoms. The van der Waals surface area contributed by atoms with Crippen molar-refractivity contribution in [2.75, 3.05) is 6.61 Å². The second-order valence-electron chi connectivity index (χ2n) is 2.29. The van der Waals surface area contributed by atoms with Gasteiger partial charge in [-0.25, -0.2) is 10.2 Å². The average Bonchev–Trinajstić information content (AvgIpc) is 2.15. The van der Waals surface area contributed by atoms with E-state index in [2.05, 4.69) is 9.84 Å². The van der Waals surface area contributed by atoms with E-state index in [1.165, 1.54) is 6.92 Å². The first-order valence-electron chi connectivity index (χ1n) is 3.99. The Morgan fingerprint density at radius 3 is 2.71 bits per heavy atom. The van der Waals surface area contributed by atoms with E-state index in [9.17, 15) is 9.59 Å². The van der Waals surface area contributed by atoms with Gasteiger partial charge in [0.1, 0.15) is 12.1 Å². The van der Waals surface area contributed by atoms with Crippen molar-refractivity contribution in [2.45, 2.75) is 20.3 Å². The summed E-state index contributed by atoms with van der Waals surface area (Å²) in [4.78, 5) is 21.7. The van der Waals surface area contributed by atoms with E-state index < -0.39 is 11.9 Å². The van der Waals surface area contributed by atoms with Crippen LogP contribution >= 0.6 is 0 Å². The Kier molecular flexibility index (Phi) is 5.70. The molecule has 76 valence electrons. The van der Waals surface area contributed by atoms with Gasteiger partial charge in [0.05, 0.1) is 12.7 Å². The molecule has 0 atom stereocenters. The van der Waals surface area contributed by atoms with Gasteiger partial charge in [0.15, 0.2) is 0 Å². The third kappa shape index (κ3) is 4.87. The lowest BCUT2D eigenvalue weighted by molar-refractivity contribution is -0.135. The summed E-state index contributed by atoms with van der Waals surface area (Å²) in [5.74, 6) is -1.15. The molecule has 0 bridgehead atoms. The Bertz CT molecular complexity index is 291. The van der Waals surface area contributed by atoms with E-state index in [1.54, 1.807) is 13.0 Å². The zero-order chi connectivity index (χ0) is 11.0. The molecule has 6 nitrogen and oxygen atoms in total. The molecule has 1 amide bonds. The maximum Gasteiger partial charge on any atom is 0.354 e. The summed E-state index contributed by atoms with van der Waals surface area (Å²) in [6.07, 6.45) is -0.292. The predicted octanol–water partition coefficient (Wildman–Crippen LogP) is -0.0447. The number of nitriles is 1. The number of esters is 1. The molecular formula is C8H11N3O3. The number of ether oxygens (including phenoxy) is 1. The summed E-state index contributed by atoms with van der Waals surface area (Å²) in [7, 11) is 0. The monoisotopic (exact) mass is 197 g/mol. The van der Waals surface area contributed by atoms with Gasteiger partial charge in [-0.3, -0.25) is 4.79 Å². The molecule has 0 fully saturated rings. The maximum absolute atomic E-state index is 10.9. The molecule has 1 N–H and O–H groups in total. The third-order valence-corrected chi connectivity index (χ3v) is 1.16. The first-order valence-corrected chi connectivity index (χ1v) is 3.99. The highest BCUT2D eigenvalue weighted by Gasteiger charge is 2.06. The van der Waals surface area contributed by atoms with Crippen LogP contribution in [0.5, 0.6) is 0 Å². The fraction of sp³-hybridized carbons (Fsp3) is 0.500. The third-order valence-electron chi connectivity index (χ3n) is 1.16. The number of nitrogens with one attached hydrogen (secondary N) is 1. The van der Waals surface area contributed by atoms with Gasteiger partial charge in [-0.15, -0.1) is 0 Å². The van der Waals surface area contributed by atoms with Gasteiger partial charge in [0.2, 0.25) is 0 Å². The van der Waals surface area contributed by atoms with E-state index in [4.69, 9.17) is 5.26 Å². The van der Waals surface area contributed by atoms with Gasteiger partial charge in [0.25, 0.3) is 5.91 Å². The number of hydrogen-bond donors (Lipinski definition) is 1. The zero-order valence-electron chi connectivity index (χ0n) is 8.03. The minimum atomic E-state index is -0.593. The second-order valence-corrected chi connectivity index (χ2v) is 2.29. The number of rotatable bonds is 4. The number of carbonyl (C=O) groups is 2. The standard InChI is InChI=1S/C8H11N3O3/c1-3-14-8(13)6(2)10-11-7(12)4-5-9/h3-4H2,1-2H3,(H,11,12). The van der Waals surface area contributed by atoms with Gasteiger partial charge < -0.3 is 4.74 Å². The minimum Gasteiger partial charge on any atom is -0.461 e. The quantitative estimate of drug-likeness (QED) is 0.388. The van der Waals surface area contributed by atoms with Crippen LogP contribution in [-0.4, -0.2) is 24.2 Å². The highest BCUT2D eigenvalue weighted by atomic mass is 16.5. The molecule has 0 rings (SSSR count). The van der Waals surface area contributed by atoms with Crippen molar-refractivity contribution in [3.8, 4) is 6.07 Å². The number of hydrogen-bond acceptors (Lipinski definition) is 5. The lowest BCUT2D eigenvalue weighted by atomic mass is 10.4. The molecule has 0 saturated heterocycles. The Balaban J connectivity index is 4.06. The van der Waals surface area contributed by atoms with Crippen LogP contribution in [0.15, 0.2) is 5.10 Å². The molecule has 0 aliphatic carbocycles. The SMILES string of the molecule is CCOC(=O)C(C)=NNC(=O)CC#N. The molecule has 0 aromatic carbocycles. The summed E-state index contributed by atoms with van der Waals surface area (Å²) < 4.78 is 4.61.